The van der Waals surface area contributed by atoms with Crippen molar-refractivity contribution < 1.29 is 8.42 Å². The fraction of sp³-hybridized carbons (Fsp3) is 0.0667. The molecule has 1 heterocycles. The van der Waals surface area contributed by atoms with Crippen LogP contribution in [0.1, 0.15) is 0 Å². The van der Waals surface area contributed by atoms with Gasteiger partial charge in [0.1, 0.15) is 0 Å². The summed E-state index contributed by atoms with van der Waals surface area (Å²) in [6.45, 7) is 0. The molecule has 0 fully saturated rings. The quantitative estimate of drug-likeness (QED) is 0.777. The van der Waals surface area contributed by atoms with Gasteiger partial charge in [0.25, 0.3) is 0 Å². The van der Waals surface area contributed by atoms with Crippen LogP contribution in [-0.4, -0.2) is 19.7 Å². The summed E-state index contributed by atoms with van der Waals surface area (Å²) in [5.74, 6) is 0. The lowest BCUT2D eigenvalue weighted by atomic mass is 10.2. The summed E-state index contributed by atoms with van der Waals surface area (Å²) in [6.07, 6.45) is 3.05. The Morgan fingerprint density at radius 1 is 1.20 bits per heavy atom. The number of sulfone groups is 1. The molecule has 2 N–H and O–H groups in total. The molecule has 0 amide bonds. The summed E-state index contributed by atoms with van der Waals surface area (Å²) in [6, 6.07) is 15.6. The van der Waals surface area contributed by atoms with Crippen molar-refractivity contribution in [3.05, 3.63) is 54.7 Å². The van der Waals surface area contributed by atoms with Crippen LogP contribution in [0.2, 0.25) is 0 Å². The number of hydrogen-bond acceptors (Lipinski definition) is 3. The normalized spacial score (nSPS) is 11.7. The fourth-order valence-electron chi connectivity index (χ4n) is 2.11. The summed E-state index contributed by atoms with van der Waals surface area (Å²) in [5.41, 5.74) is 2.41. The van der Waals surface area contributed by atoms with Crippen molar-refractivity contribution in [1.29, 1.82) is 0 Å². The van der Waals surface area contributed by atoms with Gasteiger partial charge in [0, 0.05) is 35.1 Å². The van der Waals surface area contributed by atoms with E-state index in [1.165, 1.54) is 6.26 Å². The maximum Gasteiger partial charge on any atom is 0.178 e. The summed E-state index contributed by atoms with van der Waals surface area (Å²) < 4.78 is 23.5. The number of benzene rings is 2. The van der Waals surface area contributed by atoms with Gasteiger partial charge in [0.2, 0.25) is 0 Å². The number of H-pyrrole nitrogens is 1. The first kappa shape index (κ1) is 12.7. The van der Waals surface area contributed by atoms with Crippen molar-refractivity contribution in [3.63, 3.8) is 0 Å². The lowest BCUT2D eigenvalue weighted by molar-refractivity contribution is 0.602. The van der Waals surface area contributed by atoms with Gasteiger partial charge in [-0.1, -0.05) is 12.1 Å². The molecule has 0 unspecified atom stereocenters. The van der Waals surface area contributed by atoms with Crippen molar-refractivity contribution in [2.24, 2.45) is 0 Å². The maximum absolute atomic E-state index is 11.7. The molecule has 20 heavy (non-hydrogen) atoms. The van der Waals surface area contributed by atoms with Gasteiger partial charge < -0.3 is 10.3 Å². The van der Waals surface area contributed by atoms with Gasteiger partial charge in [-0.3, -0.25) is 0 Å². The Morgan fingerprint density at radius 2 is 2.05 bits per heavy atom. The van der Waals surface area contributed by atoms with E-state index in [0.717, 1.165) is 16.6 Å². The lowest BCUT2D eigenvalue weighted by Crippen LogP contribution is -2.02. The molecule has 4 nitrogen and oxygen atoms in total. The highest BCUT2D eigenvalue weighted by atomic mass is 32.2. The highest BCUT2D eigenvalue weighted by Crippen LogP contribution is 2.26. The monoisotopic (exact) mass is 285 g/mol. The van der Waals surface area contributed by atoms with E-state index in [1.54, 1.807) is 18.2 Å². The molecule has 0 saturated heterocycles. The summed E-state index contributed by atoms with van der Waals surface area (Å²) in [5, 5.41) is 4.20. The molecule has 5 heteroatoms. The first-order valence-electron chi connectivity index (χ1n) is 6.09. The SMILES string of the molecule is CS(=O)(=O)c1[c]cccc1Nc1ccc2[nH]ccc2c1. The van der Waals surface area contributed by atoms with Crippen LogP contribution in [0, 0.1) is 6.07 Å². The van der Waals surface area contributed by atoms with E-state index in [-0.39, 0.29) is 4.90 Å². The summed E-state index contributed by atoms with van der Waals surface area (Å²) >= 11 is 0. The highest BCUT2D eigenvalue weighted by Gasteiger charge is 2.13. The van der Waals surface area contributed by atoms with Gasteiger partial charge in [-0.25, -0.2) is 8.42 Å². The molecule has 101 valence electrons. The topological polar surface area (TPSA) is 62.0 Å². The Balaban J connectivity index is 2.02. The summed E-state index contributed by atoms with van der Waals surface area (Å²) in [7, 11) is -3.31. The van der Waals surface area contributed by atoms with Crippen LogP contribution in [0.3, 0.4) is 0 Å². The van der Waals surface area contributed by atoms with E-state index in [2.05, 4.69) is 16.4 Å². The molecular formula is C15H13N2O2S. The van der Waals surface area contributed by atoms with Crippen molar-refractivity contribution in [2.45, 2.75) is 4.90 Å². The second kappa shape index (κ2) is 4.68. The Morgan fingerprint density at radius 3 is 2.85 bits per heavy atom. The van der Waals surface area contributed by atoms with Crippen LogP contribution in [0.25, 0.3) is 10.9 Å². The molecule has 0 spiro atoms. The Bertz CT molecular complexity index is 866. The Kier molecular flexibility index (Phi) is 2.99. The second-order valence-electron chi connectivity index (χ2n) is 4.59. The van der Waals surface area contributed by atoms with Crippen LogP contribution >= 0.6 is 0 Å². The van der Waals surface area contributed by atoms with Gasteiger partial charge in [-0.05, 0) is 30.3 Å². The van der Waals surface area contributed by atoms with E-state index >= 15 is 0 Å². The molecule has 0 atom stereocenters. The Labute approximate surface area is 117 Å². The van der Waals surface area contributed by atoms with E-state index in [9.17, 15) is 8.42 Å². The zero-order valence-corrected chi connectivity index (χ0v) is 11.7. The van der Waals surface area contributed by atoms with Crippen molar-refractivity contribution in [2.75, 3.05) is 11.6 Å². The second-order valence-corrected chi connectivity index (χ2v) is 6.54. The van der Waals surface area contributed by atoms with Gasteiger partial charge >= 0.3 is 0 Å². The van der Waals surface area contributed by atoms with Crippen molar-refractivity contribution in [3.8, 4) is 0 Å². The van der Waals surface area contributed by atoms with Crippen molar-refractivity contribution in [1.82, 2.24) is 4.98 Å². The predicted octanol–water partition coefficient (Wildman–Crippen LogP) is 3.12. The molecule has 0 aliphatic heterocycles. The number of hydrogen-bond donors (Lipinski definition) is 2. The summed E-state index contributed by atoms with van der Waals surface area (Å²) in [4.78, 5) is 3.29. The van der Waals surface area contributed by atoms with E-state index < -0.39 is 9.84 Å². The van der Waals surface area contributed by atoms with Crippen LogP contribution in [-0.2, 0) is 9.84 Å². The van der Waals surface area contributed by atoms with E-state index in [1.807, 2.05) is 30.5 Å². The van der Waals surface area contributed by atoms with Gasteiger partial charge in [-0.15, -0.1) is 0 Å². The smallest absolute Gasteiger partial charge is 0.178 e. The highest BCUT2D eigenvalue weighted by molar-refractivity contribution is 7.90. The van der Waals surface area contributed by atoms with Crippen LogP contribution in [0.15, 0.2) is 53.6 Å². The predicted molar refractivity (Wildman–Crippen MR) is 80.0 cm³/mol. The van der Waals surface area contributed by atoms with Crippen LogP contribution in [0.4, 0.5) is 11.4 Å². The zero-order chi connectivity index (χ0) is 14.2. The Hall–Kier alpha value is -2.27. The molecule has 0 bridgehead atoms. The molecule has 1 aromatic heterocycles. The van der Waals surface area contributed by atoms with Gasteiger partial charge in [0.15, 0.2) is 9.84 Å². The third kappa shape index (κ3) is 2.40. The average Bonchev–Trinajstić information content (AvgIpc) is 2.85. The number of fused-ring (bicyclic) bond motifs is 1. The first-order valence-corrected chi connectivity index (χ1v) is 7.98. The molecule has 2 aromatic carbocycles. The maximum atomic E-state index is 11.7. The average molecular weight is 285 g/mol. The zero-order valence-electron chi connectivity index (χ0n) is 10.8. The number of nitrogens with one attached hydrogen (secondary N) is 2. The largest absolute Gasteiger partial charge is 0.361 e. The van der Waals surface area contributed by atoms with E-state index in [4.69, 9.17) is 0 Å². The van der Waals surface area contributed by atoms with Crippen LogP contribution in [0.5, 0.6) is 0 Å². The molecular weight excluding hydrogens is 272 g/mol. The van der Waals surface area contributed by atoms with Gasteiger partial charge in [-0.2, -0.15) is 0 Å². The number of aromatic nitrogens is 1. The molecule has 0 aliphatic carbocycles. The number of anilines is 2. The lowest BCUT2D eigenvalue weighted by Gasteiger charge is -2.10. The molecule has 0 aliphatic rings. The first-order chi connectivity index (χ1) is 9.54. The minimum Gasteiger partial charge on any atom is -0.361 e. The third-order valence-electron chi connectivity index (χ3n) is 3.02. The molecule has 1 radical (unpaired) electrons. The standard InChI is InChI=1S/C15H13N2O2S/c1-20(18,19)15-5-3-2-4-14(15)17-12-6-7-13-11(10-12)8-9-16-13/h2-4,6-10,16-17H,1H3. The molecule has 3 aromatic rings. The fourth-order valence-corrected chi connectivity index (χ4v) is 2.91. The minimum atomic E-state index is -3.31. The number of rotatable bonds is 3. The van der Waals surface area contributed by atoms with Crippen LogP contribution < -0.4 is 5.32 Å². The third-order valence-corrected chi connectivity index (χ3v) is 4.10. The van der Waals surface area contributed by atoms with Crippen molar-refractivity contribution >= 4 is 32.1 Å². The molecule has 0 saturated carbocycles. The minimum absolute atomic E-state index is 0.175. The number of aromatic amines is 1. The van der Waals surface area contributed by atoms with E-state index in [0.29, 0.717) is 5.69 Å². The molecule has 3 rings (SSSR count). The van der Waals surface area contributed by atoms with Gasteiger partial charge in [0.05, 0.1) is 10.6 Å².